The van der Waals surface area contributed by atoms with Crippen molar-refractivity contribution in [3.8, 4) is 17.4 Å². The Morgan fingerprint density at radius 2 is 1.72 bits per heavy atom. The Labute approximate surface area is 277 Å². The minimum atomic E-state index is -4.39. The van der Waals surface area contributed by atoms with Crippen LogP contribution in [0.15, 0.2) is 60.8 Å². The summed E-state index contributed by atoms with van der Waals surface area (Å²) in [5.74, 6) is 0.477. The number of piperazine rings is 1. The minimum Gasteiger partial charge on any atom is -0.484 e. The molecule has 2 aromatic carbocycles. The maximum absolute atomic E-state index is 13.9. The molecule has 4 aromatic rings. The second-order valence-corrected chi connectivity index (χ2v) is 14.0. The first kappa shape index (κ1) is 35.8. The van der Waals surface area contributed by atoms with Crippen LogP contribution >= 0.6 is 12.4 Å². The van der Waals surface area contributed by atoms with E-state index in [0.29, 0.717) is 44.2 Å². The fourth-order valence-electron chi connectivity index (χ4n) is 5.21. The van der Waals surface area contributed by atoms with Crippen molar-refractivity contribution in [2.45, 2.75) is 38.7 Å². The smallest absolute Gasteiger partial charge is 0.422 e. The van der Waals surface area contributed by atoms with Gasteiger partial charge in [0.2, 0.25) is 15.9 Å². The highest BCUT2D eigenvalue weighted by atomic mass is 35.5. The Hall–Kier alpha value is -4.01. The van der Waals surface area contributed by atoms with Gasteiger partial charge in [-0.15, -0.1) is 12.4 Å². The van der Waals surface area contributed by atoms with E-state index in [-0.39, 0.29) is 35.6 Å². The molecule has 1 fully saturated rings. The molecule has 2 aromatic heterocycles. The van der Waals surface area contributed by atoms with E-state index in [0.717, 1.165) is 22.0 Å². The lowest BCUT2D eigenvalue weighted by Crippen LogP contribution is -2.48. The first-order valence-electron chi connectivity index (χ1n) is 14.8. The van der Waals surface area contributed by atoms with Gasteiger partial charge in [0.1, 0.15) is 11.4 Å². The maximum atomic E-state index is 13.9. The van der Waals surface area contributed by atoms with Crippen molar-refractivity contribution in [1.82, 2.24) is 19.8 Å². The zero-order valence-corrected chi connectivity index (χ0v) is 28.0. The van der Waals surface area contributed by atoms with Gasteiger partial charge >= 0.3 is 6.18 Å². The van der Waals surface area contributed by atoms with Crippen molar-refractivity contribution in [1.29, 1.82) is 0 Å². The zero-order chi connectivity index (χ0) is 33.2. The second-order valence-electron chi connectivity index (χ2n) is 11.5. The zero-order valence-electron chi connectivity index (χ0n) is 26.4. The summed E-state index contributed by atoms with van der Waals surface area (Å²) in [6.07, 6.45) is -2.98. The molecule has 3 heterocycles. The number of ether oxygens (including phenoxy) is 2. The lowest BCUT2D eigenvalue weighted by molar-refractivity contribution is -0.153. The average Bonchev–Trinajstić information content (AvgIpc) is 3.39. The van der Waals surface area contributed by atoms with Gasteiger partial charge in [-0.2, -0.15) is 13.2 Å². The summed E-state index contributed by atoms with van der Waals surface area (Å²) in [6, 6.07) is 15.4. The molecular weight excluding hydrogens is 659 g/mol. The van der Waals surface area contributed by atoms with Gasteiger partial charge in [-0.25, -0.2) is 13.4 Å². The maximum Gasteiger partial charge on any atom is 0.422 e. The Morgan fingerprint density at radius 3 is 2.32 bits per heavy atom. The number of carbonyl (C=O) groups excluding carboxylic acids is 1. The van der Waals surface area contributed by atoms with E-state index < -0.39 is 28.1 Å². The summed E-state index contributed by atoms with van der Waals surface area (Å²) in [5.41, 5.74) is 3.24. The molecule has 0 saturated carbocycles. The van der Waals surface area contributed by atoms with Crippen LogP contribution in [0, 0.1) is 6.92 Å². The number of pyridine rings is 1. The first-order valence-corrected chi connectivity index (χ1v) is 16.3. The number of sulfonamides is 1. The number of aromatic amines is 1. The fourth-order valence-corrected chi connectivity index (χ4v) is 6.25. The van der Waals surface area contributed by atoms with Crippen LogP contribution in [0.2, 0.25) is 0 Å². The molecule has 5 rings (SSSR count). The number of alkyl halides is 3. The van der Waals surface area contributed by atoms with Crippen LogP contribution in [-0.2, 0) is 16.6 Å². The third-order valence-corrected chi connectivity index (χ3v) is 10.0. The molecule has 15 heteroatoms. The quantitative estimate of drug-likeness (QED) is 0.212. The molecule has 1 N–H and O–H groups in total. The summed E-state index contributed by atoms with van der Waals surface area (Å²) >= 11 is 0. The van der Waals surface area contributed by atoms with Gasteiger partial charge in [0.15, 0.2) is 12.4 Å². The van der Waals surface area contributed by atoms with E-state index in [2.05, 4.69) is 14.9 Å². The van der Waals surface area contributed by atoms with Crippen molar-refractivity contribution in [2.24, 2.45) is 0 Å². The SMILES string of the molecule is Cc1cccc2[nH]c(C(=O)N3CCN(Cc4ccc(OCC(F)(F)F)cc4)CC3)c(Oc3ccc(N(C)S(=O)(=O)C(C)C)cn3)c12.Cl. The van der Waals surface area contributed by atoms with Crippen molar-refractivity contribution < 1.29 is 35.9 Å². The van der Waals surface area contributed by atoms with Gasteiger partial charge in [-0.3, -0.25) is 14.0 Å². The Balaban J connectivity index is 0.00000500. The van der Waals surface area contributed by atoms with E-state index in [1.807, 2.05) is 25.1 Å². The number of halogens is 4. The summed E-state index contributed by atoms with van der Waals surface area (Å²) in [4.78, 5) is 25.3. The molecule has 1 aliphatic rings. The largest absolute Gasteiger partial charge is 0.484 e. The highest BCUT2D eigenvalue weighted by molar-refractivity contribution is 7.93. The number of fused-ring (bicyclic) bond motifs is 1. The summed E-state index contributed by atoms with van der Waals surface area (Å²) in [7, 11) is -2.06. The predicted molar refractivity (Wildman–Crippen MR) is 176 cm³/mol. The van der Waals surface area contributed by atoms with Gasteiger partial charge in [0, 0.05) is 51.2 Å². The van der Waals surface area contributed by atoms with Crippen molar-refractivity contribution in [2.75, 3.05) is 44.1 Å². The van der Waals surface area contributed by atoms with Gasteiger partial charge < -0.3 is 19.4 Å². The molecule has 0 aliphatic carbocycles. The number of nitrogens with one attached hydrogen (secondary N) is 1. The summed E-state index contributed by atoms with van der Waals surface area (Å²) in [6.45, 7) is 6.51. The number of nitrogens with zero attached hydrogens (tertiary/aromatic N) is 4. The van der Waals surface area contributed by atoms with E-state index in [4.69, 9.17) is 9.47 Å². The standard InChI is InChI=1S/C32H36F3N5O5S.ClH/c1-21(2)46(42,43)38(4)24-10-13-27(36-18-24)45-30-28-22(3)6-5-7-26(28)37-29(30)31(41)40-16-14-39(15-17-40)19-23-8-11-25(12-9-23)44-20-32(33,34)35;/h5-13,18,21,37H,14-17,19-20H2,1-4H3;1H. The van der Waals surface area contributed by atoms with Crippen LogP contribution in [0.3, 0.4) is 0 Å². The number of hydrogen-bond acceptors (Lipinski definition) is 7. The fraction of sp³-hybridized carbons (Fsp3) is 0.375. The molecule has 1 aliphatic heterocycles. The Kier molecular flexibility index (Phi) is 11.0. The monoisotopic (exact) mass is 695 g/mol. The summed E-state index contributed by atoms with van der Waals surface area (Å²) in [5, 5.41) is 0.150. The highest BCUT2D eigenvalue weighted by Gasteiger charge is 2.30. The van der Waals surface area contributed by atoms with Crippen LogP contribution in [-0.4, -0.2) is 85.4 Å². The summed E-state index contributed by atoms with van der Waals surface area (Å²) < 4.78 is 74.6. The van der Waals surface area contributed by atoms with E-state index >= 15 is 0 Å². The first-order chi connectivity index (χ1) is 21.7. The number of aromatic nitrogens is 2. The third-order valence-electron chi connectivity index (χ3n) is 7.86. The number of H-pyrrole nitrogens is 1. The molecular formula is C32H37ClF3N5O5S. The number of carbonyl (C=O) groups is 1. The van der Waals surface area contributed by atoms with Gasteiger partial charge in [-0.05, 0) is 56.2 Å². The van der Waals surface area contributed by atoms with Crippen molar-refractivity contribution in [3.05, 3.63) is 77.6 Å². The van der Waals surface area contributed by atoms with E-state index in [1.54, 1.807) is 43.0 Å². The Bertz CT molecular complexity index is 1790. The van der Waals surface area contributed by atoms with Crippen LogP contribution < -0.4 is 13.8 Å². The molecule has 0 radical (unpaired) electrons. The minimum absolute atomic E-state index is 0. The van der Waals surface area contributed by atoms with Crippen LogP contribution in [0.5, 0.6) is 17.4 Å². The molecule has 254 valence electrons. The Morgan fingerprint density at radius 1 is 1.04 bits per heavy atom. The highest BCUT2D eigenvalue weighted by Crippen LogP contribution is 2.37. The van der Waals surface area contributed by atoms with Crippen LogP contribution in [0.4, 0.5) is 18.9 Å². The molecule has 10 nitrogen and oxygen atoms in total. The van der Waals surface area contributed by atoms with Gasteiger partial charge in [0.25, 0.3) is 5.91 Å². The molecule has 0 spiro atoms. The molecule has 1 amide bonds. The number of benzene rings is 2. The number of hydrogen-bond donors (Lipinski definition) is 1. The molecule has 0 bridgehead atoms. The number of amides is 1. The molecule has 1 saturated heterocycles. The van der Waals surface area contributed by atoms with Gasteiger partial charge in [0.05, 0.1) is 22.7 Å². The van der Waals surface area contributed by atoms with Crippen LogP contribution in [0.1, 0.15) is 35.5 Å². The normalized spacial score (nSPS) is 14.3. The number of anilines is 1. The molecule has 0 unspecified atom stereocenters. The average molecular weight is 696 g/mol. The molecule has 0 atom stereocenters. The van der Waals surface area contributed by atoms with Crippen molar-refractivity contribution in [3.63, 3.8) is 0 Å². The topological polar surface area (TPSA) is 108 Å². The third kappa shape index (κ3) is 8.29. The van der Waals surface area contributed by atoms with E-state index in [9.17, 15) is 26.4 Å². The number of rotatable bonds is 10. The van der Waals surface area contributed by atoms with Crippen molar-refractivity contribution >= 4 is 44.9 Å². The van der Waals surface area contributed by atoms with Crippen LogP contribution in [0.25, 0.3) is 10.9 Å². The lowest BCUT2D eigenvalue weighted by Gasteiger charge is -2.34. The molecule has 47 heavy (non-hydrogen) atoms. The lowest BCUT2D eigenvalue weighted by atomic mass is 10.1. The predicted octanol–water partition coefficient (Wildman–Crippen LogP) is 6.16. The van der Waals surface area contributed by atoms with Gasteiger partial charge in [-0.1, -0.05) is 24.3 Å². The second kappa shape index (κ2) is 14.4. The van der Waals surface area contributed by atoms with E-state index in [1.165, 1.54) is 29.7 Å². The number of aryl methyl sites for hydroxylation is 1.